The Labute approximate surface area is 120 Å². The van der Waals surface area contributed by atoms with Crippen molar-refractivity contribution in [2.75, 3.05) is 11.1 Å². The molecule has 0 atom stereocenters. The van der Waals surface area contributed by atoms with E-state index >= 15 is 0 Å². The van der Waals surface area contributed by atoms with E-state index in [0.29, 0.717) is 5.02 Å². The first kappa shape index (κ1) is 14.6. The zero-order chi connectivity index (χ0) is 14.9. The number of sulfonamides is 1. The van der Waals surface area contributed by atoms with Crippen molar-refractivity contribution in [1.29, 1.82) is 0 Å². The fraction of sp³-hybridized carbons (Fsp3) is 0. The lowest BCUT2D eigenvalue weighted by Crippen LogP contribution is -2.12. The van der Waals surface area contributed by atoms with Crippen LogP contribution in [0, 0.1) is 5.82 Å². The van der Waals surface area contributed by atoms with Crippen molar-refractivity contribution in [1.82, 2.24) is 0 Å². The van der Waals surface area contributed by atoms with Crippen LogP contribution in [0.25, 0.3) is 0 Å². The van der Waals surface area contributed by atoms with Crippen molar-refractivity contribution in [2.45, 2.75) is 4.90 Å². The third kappa shape index (κ3) is 3.38. The van der Waals surface area contributed by atoms with Gasteiger partial charge in [0, 0.05) is 16.4 Å². The molecule has 8 heteroatoms. The van der Waals surface area contributed by atoms with E-state index in [1.165, 1.54) is 36.4 Å². The molecule has 106 valence electrons. The van der Waals surface area contributed by atoms with E-state index in [2.05, 4.69) is 5.32 Å². The van der Waals surface area contributed by atoms with Gasteiger partial charge in [-0.1, -0.05) is 11.6 Å². The second-order valence-corrected chi connectivity index (χ2v) is 6.08. The first-order valence-corrected chi connectivity index (χ1v) is 7.33. The zero-order valence-electron chi connectivity index (χ0n) is 10.1. The summed E-state index contributed by atoms with van der Waals surface area (Å²) in [5, 5.41) is 8.08. The van der Waals surface area contributed by atoms with Gasteiger partial charge in [-0.3, -0.25) is 0 Å². The Balaban J connectivity index is 2.44. The van der Waals surface area contributed by atoms with E-state index in [9.17, 15) is 12.8 Å². The first-order valence-electron chi connectivity index (χ1n) is 5.41. The second-order valence-electron chi connectivity index (χ2n) is 4.08. The normalized spacial score (nSPS) is 11.3. The van der Waals surface area contributed by atoms with Crippen LogP contribution in [-0.4, -0.2) is 8.42 Å². The second kappa shape index (κ2) is 5.28. The lowest BCUT2D eigenvalue weighted by atomic mass is 10.2. The van der Waals surface area contributed by atoms with Crippen molar-refractivity contribution >= 4 is 38.7 Å². The van der Waals surface area contributed by atoms with Crippen molar-refractivity contribution in [3.8, 4) is 0 Å². The van der Waals surface area contributed by atoms with Gasteiger partial charge in [0.1, 0.15) is 5.82 Å². The molecule has 0 saturated carbocycles. The van der Waals surface area contributed by atoms with Crippen LogP contribution < -0.4 is 16.2 Å². The van der Waals surface area contributed by atoms with Crippen molar-refractivity contribution in [3.05, 3.63) is 47.2 Å². The number of nitrogen functional groups attached to an aromatic ring is 1. The predicted octanol–water partition coefficient (Wildman–Crippen LogP) is 2.45. The highest BCUT2D eigenvalue weighted by atomic mass is 35.5. The molecule has 5 nitrogen and oxygen atoms in total. The Morgan fingerprint density at radius 1 is 1.15 bits per heavy atom. The average Bonchev–Trinajstić information content (AvgIpc) is 2.32. The first-order chi connectivity index (χ1) is 9.25. The summed E-state index contributed by atoms with van der Waals surface area (Å²) in [5.41, 5.74) is 6.17. The summed E-state index contributed by atoms with van der Waals surface area (Å²) < 4.78 is 36.2. The molecule has 0 heterocycles. The molecule has 0 aliphatic carbocycles. The minimum Gasteiger partial charge on any atom is -0.399 e. The predicted molar refractivity (Wildman–Crippen MR) is 76.9 cm³/mol. The van der Waals surface area contributed by atoms with Gasteiger partial charge >= 0.3 is 0 Å². The lowest BCUT2D eigenvalue weighted by molar-refractivity contribution is 0.598. The highest BCUT2D eigenvalue weighted by Gasteiger charge is 2.11. The number of benzene rings is 2. The van der Waals surface area contributed by atoms with E-state index in [1.807, 2.05) is 0 Å². The van der Waals surface area contributed by atoms with Crippen LogP contribution in [0.2, 0.25) is 5.02 Å². The van der Waals surface area contributed by atoms with E-state index in [0.717, 1.165) is 0 Å². The molecule has 0 amide bonds. The number of anilines is 3. The summed E-state index contributed by atoms with van der Waals surface area (Å²) in [5.74, 6) is -0.533. The lowest BCUT2D eigenvalue weighted by Gasteiger charge is -2.10. The molecule has 0 saturated heterocycles. The minimum atomic E-state index is -3.90. The summed E-state index contributed by atoms with van der Waals surface area (Å²) in [6, 6.07) is 7.89. The molecule has 0 fully saturated rings. The van der Waals surface area contributed by atoms with Crippen LogP contribution in [0.15, 0.2) is 41.3 Å². The Bertz CT molecular complexity index is 765. The molecule has 0 unspecified atom stereocenters. The monoisotopic (exact) mass is 315 g/mol. The van der Waals surface area contributed by atoms with Gasteiger partial charge in [0.05, 0.1) is 10.6 Å². The number of hydrogen-bond acceptors (Lipinski definition) is 4. The number of halogens is 2. The molecule has 2 aromatic carbocycles. The van der Waals surface area contributed by atoms with E-state index in [-0.39, 0.29) is 22.0 Å². The van der Waals surface area contributed by atoms with Gasteiger partial charge < -0.3 is 11.1 Å². The van der Waals surface area contributed by atoms with Gasteiger partial charge in [-0.15, -0.1) is 0 Å². The SMILES string of the molecule is Nc1cc(Nc2cc(Cl)ccc2F)cc(S(N)(=O)=O)c1. The third-order valence-electron chi connectivity index (χ3n) is 2.46. The summed E-state index contributed by atoms with van der Waals surface area (Å²) in [7, 11) is -3.90. The van der Waals surface area contributed by atoms with E-state index in [1.54, 1.807) is 0 Å². The standard InChI is InChI=1S/C12H11ClFN3O2S/c13-7-1-2-11(14)12(3-7)17-9-4-8(15)5-10(6-9)20(16,18)19/h1-6,17H,15H2,(H2,16,18,19). The summed E-state index contributed by atoms with van der Waals surface area (Å²) in [4.78, 5) is -0.164. The number of nitrogens with one attached hydrogen (secondary N) is 1. The molecule has 0 aliphatic rings. The number of primary sulfonamides is 1. The molecule has 0 spiro atoms. The van der Waals surface area contributed by atoms with Crippen LogP contribution in [0.3, 0.4) is 0 Å². The maximum Gasteiger partial charge on any atom is 0.238 e. The van der Waals surface area contributed by atoms with Gasteiger partial charge in [-0.05, 0) is 36.4 Å². The van der Waals surface area contributed by atoms with Crippen molar-refractivity contribution < 1.29 is 12.8 Å². The highest BCUT2D eigenvalue weighted by molar-refractivity contribution is 7.89. The molecular weight excluding hydrogens is 305 g/mol. The Hall–Kier alpha value is -1.83. The Morgan fingerprint density at radius 3 is 2.50 bits per heavy atom. The quantitative estimate of drug-likeness (QED) is 0.758. The van der Waals surface area contributed by atoms with Gasteiger partial charge in [0.25, 0.3) is 0 Å². The summed E-state index contributed by atoms with van der Waals surface area (Å²) in [6.45, 7) is 0. The molecular formula is C12H11ClFN3O2S. The largest absolute Gasteiger partial charge is 0.399 e. The molecule has 2 aromatic rings. The minimum absolute atomic E-state index is 0.100. The maximum atomic E-state index is 13.6. The number of hydrogen-bond donors (Lipinski definition) is 3. The smallest absolute Gasteiger partial charge is 0.238 e. The van der Waals surface area contributed by atoms with Crippen LogP contribution in [0.1, 0.15) is 0 Å². The maximum absolute atomic E-state index is 13.6. The zero-order valence-corrected chi connectivity index (χ0v) is 11.7. The topological polar surface area (TPSA) is 98.2 Å². The van der Waals surface area contributed by atoms with Crippen molar-refractivity contribution in [2.24, 2.45) is 5.14 Å². The Kier molecular flexibility index (Phi) is 3.85. The van der Waals surface area contributed by atoms with Crippen molar-refractivity contribution in [3.63, 3.8) is 0 Å². The highest BCUT2D eigenvalue weighted by Crippen LogP contribution is 2.26. The van der Waals surface area contributed by atoms with Crippen LogP contribution in [0.4, 0.5) is 21.5 Å². The molecule has 2 rings (SSSR count). The molecule has 0 bridgehead atoms. The Morgan fingerprint density at radius 2 is 1.85 bits per heavy atom. The van der Waals surface area contributed by atoms with Gasteiger partial charge in [-0.25, -0.2) is 17.9 Å². The number of nitrogens with two attached hydrogens (primary N) is 2. The van der Waals surface area contributed by atoms with Gasteiger partial charge in [-0.2, -0.15) is 0 Å². The fourth-order valence-corrected chi connectivity index (χ4v) is 2.37. The fourth-order valence-electron chi connectivity index (χ4n) is 1.61. The average molecular weight is 316 g/mol. The van der Waals surface area contributed by atoms with Crippen LogP contribution in [-0.2, 0) is 10.0 Å². The molecule has 5 N–H and O–H groups in total. The molecule has 0 aromatic heterocycles. The summed E-state index contributed by atoms with van der Waals surface area (Å²) >= 11 is 5.77. The third-order valence-corrected chi connectivity index (χ3v) is 3.59. The summed E-state index contributed by atoms with van der Waals surface area (Å²) in [6.07, 6.45) is 0. The van der Waals surface area contributed by atoms with Gasteiger partial charge in [0.2, 0.25) is 10.0 Å². The number of rotatable bonds is 3. The van der Waals surface area contributed by atoms with Crippen LogP contribution in [0.5, 0.6) is 0 Å². The van der Waals surface area contributed by atoms with E-state index in [4.69, 9.17) is 22.5 Å². The molecule has 0 aliphatic heterocycles. The van der Waals surface area contributed by atoms with Gasteiger partial charge in [0.15, 0.2) is 0 Å². The molecule has 0 radical (unpaired) electrons. The van der Waals surface area contributed by atoms with Crippen LogP contribution >= 0.6 is 11.6 Å². The van der Waals surface area contributed by atoms with E-state index < -0.39 is 15.8 Å². The molecule has 20 heavy (non-hydrogen) atoms.